The normalized spacial score (nSPS) is 13.5. The Kier molecular flexibility index (Phi) is 6.37. The highest BCUT2D eigenvalue weighted by atomic mass is 35.5. The van der Waals surface area contributed by atoms with Crippen LogP contribution in [-0.4, -0.2) is 34.8 Å². The molecule has 1 N–H and O–H groups in total. The van der Waals surface area contributed by atoms with E-state index in [0.29, 0.717) is 10.7 Å². The van der Waals surface area contributed by atoms with Crippen LogP contribution < -0.4 is 10.2 Å². The van der Waals surface area contributed by atoms with Gasteiger partial charge in [-0.15, -0.1) is 0 Å². The number of nitrogens with one attached hydrogen (secondary N) is 1. The number of rotatable bonds is 5. The molecule has 1 unspecified atom stereocenters. The summed E-state index contributed by atoms with van der Waals surface area (Å²) in [5.41, 5.74) is 1.51. The van der Waals surface area contributed by atoms with Gasteiger partial charge in [-0.1, -0.05) is 41.4 Å². The number of benzene rings is 2. The summed E-state index contributed by atoms with van der Waals surface area (Å²) < 4.78 is 5.23. The molecule has 172 valence electrons. The fourth-order valence-electron chi connectivity index (χ4n) is 3.41. The zero-order valence-corrected chi connectivity index (χ0v) is 19.5. The molecule has 2 heterocycles. The van der Waals surface area contributed by atoms with Crippen molar-refractivity contribution < 1.29 is 23.9 Å². The number of esters is 1. The molecule has 34 heavy (non-hydrogen) atoms. The molecule has 0 saturated carbocycles. The van der Waals surface area contributed by atoms with E-state index in [9.17, 15) is 19.2 Å². The number of nitrogens with zero attached hydrogens (tertiary/aromatic N) is 2. The third-order valence-electron chi connectivity index (χ3n) is 5.18. The summed E-state index contributed by atoms with van der Waals surface area (Å²) in [6.07, 6.45) is 0.109. The highest BCUT2D eigenvalue weighted by molar-refractivity contribution is 6.36. The van der Waals surface area contributed by atoms with Gasteiger partial charge in [0.1, 0.15) is 0 Å². The number of hydrogen-bond acceptors (Lipinski definition) is 6. The summed E-state index contributed by atoms with van der Waals surface area (Å²) >= 11 is 11.8. The molecule has 10 heteroatoms. The Morgan fingerprint density at radius 2 is 1.74 bits per heavy atom. The number of pyridine rings is 1. The van der Waals surface area contributed by atoms with Gasteiger partial charge >= 0.3 is 5.97 Å². The number of halogens is 2. The molecule has 1 aliphatic rings. The molecule has 0 saturated heterocycles. The Labute approximate surface area is 204 Å². The van der Waals surface area contributed by atoms with Gasteiger partial charge in [0.05, 0.1) is 32.4 Å². The summed E-state index contributed by atoms with van der Waals surface area (Å²) in [6, 6.07) is 12.5. The van der Waals surface area contributed by atoms with Crippen LogP contribution >= 0.6 is 23.2 Å². The van der Waals surface area contributed by atoms with Crippen LogP contribution in [0.3, 0.4) is 0 Å². The lowest BCUT2D eigenvalue weighted by molar-refractivity contribution is -0.123. The van der Waals surface area contributed by atoms with E-state index < -0.39 is 29.8 Å². The summed E-state index contributed by atoms with van der Waals surface area (Å²) in [5, 5.41) is 2.88. The quantitative estimate of drug-likeness (QED) is 0.405. The van der Waals surface area contributed by atoms with Crippen LogP contribution in [0.2, 0.25) is 10.0 Å². The molecule has 1 aromatic heterocycles. The van der Waals surface area contributed by atoms with Gasteiger partial charge < -0.3 is 10.1 Å². The van der Waals surface area contributed by atoms with Gasteiger partial charge in [0.15, 0.2) is 11.9 Å². The van der Waals surface area contributed by atoms with Gasteiger partial charge in [0.25, 0.3) is 17.7 Å². The Hall–Kier alpha value is -3.75. The maximum absolute atomic E-state index is 13.0. The van der Waals surface area contributed by atoms with E-state index in [-0.39, 0.29) is 27.5 Å². The maximum atomic E-state index is 13.0. The number of carbonyl (C=O) groups excluding carboxylic acids is 4. The van der Waals surface area contributed by atoms with Gasteiger partial charge in [-0.2, -0.15) is 0 Å². The highest BCUT2D eigenvalue weighted by Gasteiger charge is 2.38. The van der Waals surface area contributed by atoms with Crippen molar-refractivity contribution >= 4 is 58.4 Å². The number of para-hydroxylation sites is 1. The second kappa shape index (κ2) is 9.24. The van der Waals surface area contributed by atoms with Crippen molar-refractivity contribution in [2.24, 2.45) is 0 Å². The Balaban J connectivity index is 1.50. The smallest absolute Gasteiger partial charge is 0.338 e. The molecule has 3 aromatic rings. The van der Waals surface area contributed by atoms with Crippen LogP contribution in [0.25, 0.3) is 0 Å². The summed E-state index contributed by atoms with van der Waals surface area (Å²) in [5.74, 6) is -2.46. The van der Waals surface area contributed by atoms with E-state index in [0.717, 1.165) is 10.5 Å². The first kappa shape index (κ1) is 23.4. The standard InChI is InChI=1S/C24H17Cl2N3O5/c1-12-5-3-4-6-19(12)29-22(31)16-8-7-14(9-17(16)23(29)32)24(33)34-13(2)21(30)28-20-18(26)10-15(25)11-27-20/h3-11,13H,1-2H3,(H,27,28,30). The van der Waals surface area contributed by atoms with Gasteiger partial charge in [-0.25, -0.2) is 14.7 Å². The molecule has 0 bridgehead atoms. The van der Waals surface area contributed by atoms with Gasteiger partial charge in [-0.3, -0.25) is 14.4 Å². The van der Waals surface area contributed by atoms with Crippen molar-refractivity contribution in [1.29, 1.82) is 0 Å². The van der Waals surface area contributed by atoms with Crippen molar-refractivity contribution in [2.45, 2.75) is 20.0 Å². The SMILES string of the molecule is Cc1ccccc1N1C(=O)c2ccc(C(=O)OC(C)C(=O)Nc3ncc(Cl)cc3Cl)cc2C1=O. The van der Waals surface area contributed by atoms with Gasteiger partial charge in [0.2, 0.25) is 0 Å². The Morgan fingerprint density at radius 3 is 2.44 bits per heavy atom. The largest absolute Gasteiger partial charge is 0.449 e. The van der Waals surface area contributed by atoms with Crippen molar-refractivity contribution in [3.63, 3.8) is 0 Å². The van der Waals surface area contributed by atoms with E-state index in [1.807, 2.05) is 0 Å². The number of carbonyl (C=O) groups is 4. The van der Waals surface area contributed by atoms with Crippen LogP contribution in [0.15, 0.2) is 54.7 Å². The zero-order valence-electron chi connectivity index (χ0n) is 18.0. The lowest BCUT2D eigenvalue weighted by Gasteiger charge is -2.16. The minimum Gasteiger partial charge on any atom is -0.449 e. The van der Waals surface area contributed by atoms with Crippen LogP contribution in [0, 0.1) is 6.92 Å². The number of aryl methyl sites for hydroxylation is 1. The number of aromatic nitrogens is 1. The highest BCUT2D eigenvalue weighted by Crippen LogP contribution is 2.31. The third kappa shape index (κ3) is 4.37. The minimum atomic E-state index is -1.20. The van der Waals surface area contributed by atoms with E-state index in [2.05, 4.69) is 10.3 Å². The molecule has 2 aromatic carbocycles. The minimum absolute atomic E-state index is 0.0221. The van der Waals surface area contributed by atoms with Gasteiger partial charge in [0, 0.05) is 6.20 Å². The molecule has 0 aliphatic carbocycles. The fourth-order valence-corrected chi connectivity index (χ4v) is 3.84. The summed E-state index contributed by atoms with van der Waals surface area (Å²) in [6.45, 7) is 3.17. The molecule has 3 amide bonds. The predicted molar refractivity (Wildman–Crippen MR) is 127 cm³/mol. The van der Waals surface area contributed by atoms with E-state index >= 15 is 0 Å². The van der Waals surface area contributed by atoms with Gasteiger partial charge in [-0.05, 0) is 49.7 Å². The predicted octanol–water partition coefficient (Wildman–Crippen LogP) is 4.68. The lowest BCUT2D eigenvalue weighted by Crippen LogP contribution is -2.30. The van der Waals surface area contributed by atoms with E-state index in [4.69, 9.17) is 27.9 Å². The summed E-state index contributed by atoms with van der Waals surface area (Å²) in [7, 11) is 0. The first-order valence-electron chi connectivity index (χ1n) is 10.1. The number of fused-ring (bicyclic) bond motifs is 1. The van der Waals surface area contributed by atoms with Crippen LogP contribution in [0.5, 0.6) is 0 Å². The third-order valence-corrected chi connectivity index (χ3v) is 5.68. The van der Waals surface area contributed by atoms with Crippen LogP contribution in [0.1, 0.15) is 43.6 Å². The van der Waals surface area contributed by atoms with E-state index in [1.54, 1.807) is 31.2 Å². The number of ether oxygens (including phenoxy) is 1. The van der Waals surface area contributed by atoms with Crippen LogP contribution in [0.4, 0.5) is 11.5 Å². The number of anilines is 2. The number of hydrogen-bond donors (Lipinski definition) is 1. The molecule has 1 aliphatic heterocycles. The lowest BCUT2D eigenvalue weighted by atomic mass is 10.1. The topological polar surface area (TPSA) is 106 Å². The Morgan fingerprint density at radius 1 is 1.03 bits per heavy atom. The fraction of sp³-hybridized carbons (Fsp3) is 0.125. The van der Waals surface area contributed by atoms with Crippen molar-refractivity contribution in [3.8, 4) is 0 Å². The molecule has 8 nitrogen and oxygen atoms in total. The molecule has 4 rings (SSSR count). The second-order valence-electron chi connectivity index (χ2n) is 7.51. The molecule has 1 atom stereocenters. The molecule has 0 spiro atoms. The Bertz CT molecular complexity index is 1360. The first-order valence-corrected chi connectivity index (χ1v) is 10.8. The first-order chi connectivity index (χ1) is 16.2. The molecule has 0 fully saturated rings. The maximum Gasteiger partial charge on any atom is 0.338 e. The average Bonchev–Trinajstić information content (AvgIpc) is 3.05. The van der Waals surface area contributed by atoms with Crippen molar-refractivity contribution in [3.05, 3.63) is 87.0 Å². The molecular formula is C24H17Cl2N3O5. The van der Waals surface area contributed by atoms with Crippen molar-refractivity contribution in [2.75, 3.05) is 10.2 Å². The zero-order chi connectivity index (χ0) is 24.6. The summed E-state index contributed by atoms with van der Waals surface area (Å²) in [4.78, 5) is 55.9. The molecular weight excluding hydrogens is 481 g/mol. The second-order valence-corrected chi connectivity index (χ2v) is 8.36. The number of imide groups is 1. The number of amides is 3. The monoisotopic (exact) mass is 497 g/mol. The van der Waals surface area contributed by atoms with E-state index in [1.165, 1.54) is 37.4 Å². The molecule has 0 radical (unpaired) electrons. The van der Waals surface area contributed by atoms with Crippen LogP contribution in [-0.2, 0) is 9.53 Å². The average molecular weight is 498 g/mol. The van der Waals surface area contributed by atoms with Crippen molar-refractivity contribution in [1.82, 2.24) is 4.98 Å².